The number of carboxylic acid groups (broad SMARTS) is 1. The van der Waals surface area contributed by atoms with Crippen molar-refractivity contribution in [3.63, 3.8) is 0 Å². The average molecular weight is 343 g/mol. The third-order valence-corrected chi connectivity index (χ3v) is 3.29. The Bertz CT molecular complexity index is 418. The monoisotopic (exact) mass is 343 g/mol. The van der Waals surface area contributed by atoms with Gasteiger partial charge in [-0.25, -0.2) is 4.79 Å². The van der Waals surface area contributed by atoms with E-state index in [4.69, 9.17) is 4.74 Å². The summed E-state index contributed by atoms with van der Waals surface area (Å²) >= 11 is 0. The molecule has 0 rings (SSSR count). The predicted octanol–water partition coefficient (Wildman–Crippen LogP) is 3.16. The highest BCUT2D eigenvalue weighted by molar-refractivity contribution is 5.76. The molecule has 0 saturated carbocycles. The molecule has 1 amide bonds. The van der Waals surface area contributed by atoms with E-state index in [9.17, 15) is 27.9 Å². The van der Waals surface area contributed by atoms with Crippen LogP contribution in [0, 0.1) is 11.3 Å². The lowest BCUT2D eigenvalue weighted by Crippen LogP contribution is -2.48. The Balaban J connectivity index is 4.93. The minimum atomic E-state index is -4.83. The maximum absolute atomic E-state index is 12.1. The van der Waals surface area contributed by atoms with Crippen molar-refractivity contribution in [3.05, 3.63) is 0 Å². The molecule has 2 N–H and O–H groups in total. The number of amides is 1. The molecular weight excluding hydrogens is 319 g/mol. The van der Waals surface area contributed by atoms with Crippen LogP contribution in [0.2, 0.25) is 0 Å². The van der Waals surface area contributed by atoms with Gasteiger partial charge in [0.25, 0.3) is 0 Å². The lowest BCUT2D eigenvalue weighted by atomic mass is 9.74. The van der Waals surface area contributed by atoms with Crippen LogP contribution in [0.5, 0.6) is 0 Å². The summed E-state index contributed by atoms with van der Waals surface area (Å²) in [6, 6.07) is 0. The van der Waals surface area contributed by atoms with Gasteiger partial charge in [-0.3, -0.25) is 9.53 Å². The highest BCUT2D eigenvalue weighted by Gasteiger charge is 2.43. The molecule has 23 heavy (non-hydrogen) atoms. The van der Waals surface area contributed by atoms with Crippen molar-refractivity contribution in [3.8, 4) is 0 Å². The molecule has 0 aliphatic carbocycles. The highest BCUT2D eigenvalue weighted by Crippen LogP contribution is 2.32. The number of aliphatic carboxylic acids is 1. The van der Waals surface area contributed by atoms with E-state index in [2.05, 4.69) is 10.1 Å². The van der Waals surface area contributed by atoms with E-state index in [-0.39, 0.29) is 6.54 Å². The normalized spacial score (nSPS) is 15.2. The number of nitrogens with one attached hydrogen (secondary N) is 1. The lowest BCUT2D eigenvalue weighted by Gasteiger charge is -2.33. The molecule has 0 aliphatic heterocycles. The molecule has 0 spiro atoms. The second kappa shape index (κ2) is 7.85. The number of carboxylic acids is 1. The Hall–Kier alpha value is -1.51. The molecule has 0 fully saturated rings. The zero-order valence-corrected chi connectivity index (χ0v) is 13.9. The first-order chi connectivity index (χ1) is 10.2. The highest BCUT2D eigenvalue weighted by atomic mass is 19.4. The number of halogens is 3. The van der Waals surface area contributed by atoms with E-state index in [0.717, 1.165) is 0 Å². The molecule has 0 saturated heterocycles. The summed E-state index contributed by atoms with van der Waals surface area (Å²) in [5.41, 5.74) is -2.37. The number of hydrogen-bond donors (Lipinski definition) is 2. The van der Waals surface area contributed by atoms with Gasteiger partial charge in [0, 0.05) is 6.54 Å². The summed E-state index contributed by atoms with van der Waals surface area (Å²) < 4.78 is 44.9. The molecule has 0 radical (unpaired) electrons. The fourth-order valence-electron chi connectivity index (χ4n) is 1.90. The number of ether oxygens (including phenoxy) is 2. The summed E-state index contributed by atoms with van der Waals surface area (Å²) in [6.07, 6.45) is -6.07. The molecule has 0 bridgehead atoms. The van der Waals surface area contributed by atoms with Crippen LogP contribution in [0.4, 0.5) is 18.0 Å². The van der Waals surface area contributed by atoms with Crippen LogP contribution in [0.3, 0.4) is 0 Å². The van der Waals surface area contributed by atoms with Gasteiger partial charge in [0.2, 0.25) is 0 Å². The number of carbonyl (C=O) groups is 2. The molecule has 0 aliphatic rings. The van der Waals surface area contributed by atoms with Crippen LogP contribution >= 0.6 is 0 Å². The fourth-order valence-corrected chi connectivity index (χ4v) is 1.90. The molecule has 0 heterocycles. The molecule has 136 valence electrons. The zero-order valence-electron chi connectivity index (χ0n) is 13.9. The Labute approximate surface area is 133 Å². The maximum atomic E-state index is 12.1. The fraction of sp³-hybridized carbons (Fsp3) is 0.857. The van der Waals surface area contributed by atoms with Crippen molar-refractivity contribution in [2.24, 2.45) is 11.3 Å². The van der Waals surface area contributed by atoms with Gasteiger partial charge in [0.1, 0.15) is 5.60 Å². The Morgan fingerprint density at radius 1 is 1.17 bits per heavy atom. The Morgan fingerprint density at radius 3 is 2.04 bits per heavy atom. The molecule has 0 aromatic heterocycles. The van der Waals surface area contributed by atoms with Crippen LogP contribution in [-0.2, 0) is 14.3 Å². The summed E-state index contributed by atoms with van der Waals surface area (Å²) in [5.74, 6) is -1.85. The molecule has 1 unspecified atom stereocenters. The van der Waals surface area contributed by atoms with Crippen LogP contribution in [-0.4, -0.2) is 42.3 Å². The van der Waals surface area contributed by atoms with Gasteiger partial charge in [0.15, 0.2) is 0 Å². The van der Waals surface area contributed by atoms with Crippen molar-refractivity contribution >= 4 is 12.1 Å². The summed E-state index contributed by atoms with van der Waals surface area (Å²) in [6.45, 7) is 6.83. The molecule has 9 heteroatoms. The number of alkyl carbamates (subject to hydrolysis) is 1. The van der Waals surface area contributed by atoms with Crippen LogP contribution in [0.1, 0.15) is 41.0 Å². The molecule has 6 nitrogen and oxygen atoms in total. The maximum Gasteiger partial charge on any atom is 0.522 e. The zero-order chi connectivity index (χ0) is 18.5. The second-order valence-corrected chi connectivity index (χ2v) is 6.52. The van der Waals surface area contributed by atoms with E-state index in [1.54, 1.807) is 34.6 Å². The van der Waals surface area contributed by atoms with Crippen molar-refractivity contribution in [1.82, 2.24) is 5.32 Å². The third kappa shape index (κ3) is 8.06. The van der Waals surface area contributed by atoms with Crippen LogP contribution in [0.25, 0.3) is 0 Å². The first-order valence-corrected chi connectivity index (χ1v) is 7.10. The van der Waals surface area contributed by atoms with Crippen LogP contribution in [0.15, 0.2) is 0 Å². The summed E-state index contributed by atoms with van der Waals surface area (Å²) in [7, 11) is 0. The number of alkyl halides is 3. The van der Waals surface area contributed by atoms with Gasteiger partial charge in [-0.2, -0.15) is 0 Å². The molecule has 1 atom stereocenters. The van der Waals surface area contributed by atoms with Gasteiger partial charge in [0.05, 0.1) is 12.0 Å². The minimum absolute atomic E-state index is 0.365. The third-order valence-electron chi connectivity index (χ3n) is 3.29. The van der Waals surface area contributed by atoms with E-state index in [0.29, 0.717) is 0 Å². The SMILES string of the molecule is CC(C)C(CCOC(F)(F)F)(CNC(=O)OC(C)(C)C)C(=O)O. The number of hydrogen-bond acceptors (Lipinski definition) is 4. The van der Waals surface area contributed by atoms with Gasteiger partial charge >= 0.3 is 18.4 Å². The van der Waals surface area contributed by atoms with Gasteiger partial charge in [-0.15, -0.1) is 13.2 Å². The standard InChI is InChI=1S/C14H24F3NO5/c1-9(2)13(10(19)20,6-7-22-14(15,16)17)8-18-11(21)23-12(3,4)5/h9H,6-8H2,1-5H3,(H,18,21)(H,19,20). The first kappa shape index (κ1) is 21.5. The number of carbonyl (C=O) groups excluding carboxylic acids is 1. The first-order valence-electron chi connectivity index (χ1n) is 7.10. The number of rotatable bonds is 7. The van der Waals surface area contributed by atoms with E-state index in [1.165, 1.54) is 0 Å². The Kier molecular flexibility index (Phi) is 7.33. The predicted molar refractivity (Wildman–Crippen MR) is 75.8 cm³/mol. The molecule has 0 aromatic rings. The smallest absolute Gasteiger partial charge is 0.481 e. The Morgan fingerprint density at radius 2 is 1.70 bits per heavy atom. The van der Waals surface area contributed by atoms with Crippen molar-refractivity contribution in [1.29, 1.82) is 0 Å². The van der Waals surface area contributed by atoms with Crippen molar-refractivity contribution in [2.75, 3.05) is 13.2 Å². The minimum Gasteiger partial charge on any atom is -0.481 e. The van der Waals surface area contributed by atoms with E-state index in [1.807, 2.05) is 0 Å². The quantitative estimate of drug-likeness (QED) is 0.742. The average Bonchev–Trinajstić information content (AvgIpc) is 2.28. The summed E-state index contributed by atoms with van der Waals surface area (Å²) in [5, 5.41) is 11.8. The van der Waals surface area contributed by atoms with Gasteiger partial charge in [-0.1, -0.05) is 13.8 Å². The largest absolute Gasteiger partial charge is 0.522 e. The van der Waals surface area contributed by atoms with E-state index < -0.39 is 48.4 Å². The van der Waals surface area contributed by atoms with Gasteiger partial charge < -0.3 is 15.2 Å². The lowest BCUT2D eigenvalue weighted by molar-refractivity contribution is -0.326. The topological polar surface area (TPSA) is 84.9 Å². The van der Waals surface area contributed by atoms with E-state index >= 15 is 0 Å². The van der Waals surface area contributed by atoms with Crippen LogP contribution < -0.4 is 5.32 Å². The molecular formula is C14H24F3NO5. The second-order valence-electron chi connectivity index (χ2n) is 6.52. The van der Waals surface area contributed by atoms with Gasteiger partial charge in [-0.05, 0) is 33.1 Å². The summed E-state index contributed by atoms with van der Waals surface area (Å²) in [4.78, 5) is 23.2. The van der Waals surface area contributed by atoms with Crippen molar-refractivity contribution < 1.29 is 37.3 Å². The van der Waals surface area contributed by atoms with Crippen molar-refractivity contribution in [2.45, 2.75) is 53.0 Å². The molecule has 0 aromatic carbocycles.